The summed E-state index contributed by atoms with van der Waals surface area (Å²) in [6, 6.07) is 1.77. The van der Waals surface area contributed by atoms with Crippen molar-refractivity contribution in [1.29, 1.82) is 0 Å². The van der Waals surface area contributed by atoms with E-state index in [1.807, 2.05) is 14.0 Å². The Hall–Kier alpha value is -1.68. The number of hydrogen-bond donors (Lipinski definition) is 1. The maximum atomic E-state index is 6.46. The summed E-state index contributed by atoms with van der Waals surface area (Å²) in [5.74, 6) is 1.24. The van der Waals surface area contributed by atoms with Gasteiger partial charge in [0.15, 0.2) is 0 Å². The topological polar surface area (TPSA) is 43.4 Å². The molecule has 20 heavy (non-hydrogen) atoms. The molecule has 108 valence electrons. The molecule has 5 heteroatoms. The van der Waals surface area contributed by atoms with Gasteiger partial charge < -0.3 is 14.8 Å². The summed E-state index contributed by atoms with van der Waals surface area (Å²) in [6.07, 6.45) is 0.850. The molecule has 0 amide bonds. The highest BCUT2D eigenvalue weighted by Gasteiger charge is 2.19. The highest BCUT2D eigenvalue weighted by molar-refractivity contribution is 6.38. The average molecular weight is 295 g/mol. The molecule has 0 aliphatic heterocycles. The van der Waals surface area contributed by atoms with Crippen molar-refractivity contribution >= 4 is 28.2 Å². The van der Waals surface area contributed by atoms with Gasteiger partial charge in [-0.2, -0.15) is 0 Å². The Morgan fingerprint density at radius 2 is 1.90 bits per heavy atom. The summed E-state index contributed by atoms with van der Waals surface area (Å²) in [4.78, 5) is 4.70. The first-order valence-electron chi connectivity index (χ1n) is 6.50. The lowest BCUT2D eigenvalue weighted by Crippen LogP contribution is -2.03. The number of benzene rings is 1. The third-order valence-electron chi connectivity index (χ3n) is 3.50. The maximum Gasteiger partial charge on any atom is 0.148 e. The zero-order chi connectivity index (χ0) is 14.9. The zero-order valence-corrected chi connectivity index (χ0v) is 13.2. The van der Waals surface area contributed by atoms with Crippen LogP contribution in [0.4, 0.5) is 5.69 Å². The number of methoxy groups -OCH3 is 2. The van der Waals surface area contributed by atoms with E-state index in [4.69, 9.17) is 26.1 Å². The Kier molecular flexibility index (Phi) is 4.23. The number of hydrogen-bond acceptors (Lipinski definition) is 4. The zero-order valence-electron chi connectivity index (χ0n) is 12.4. The van der Waals surface area contributed by atoms with Crippen molar-refractivity contribution in [2.45, 2.75) is 20.3 Å². The molecule has 1 aromatic carbocycles. The molecule has 1 aromatic heterocycles. The van der Waals surface area contributed by atoms with Crippen molar-refractivity contribution in [3.8, 4) is 11.5 Å². The van der Waals surface area contributed by atoms with Crippen LogP contribution in [0, 0.1) is 6.92 Å². The molecular formula is C15H19ClN2O2. The molecule has 0 radical (unpaired) electrons. The lowest BCUT2D eigenvalue weighted by molar-refractivity contribution is 0.397. The van der Waals surface area contributed by atoms with E-state index in [9.17, 15) is 0 Å². The number of nitrogens with zero attached hydrogens (tertiary/aromatic N) is 1. The fourth-order valence-corrected chi connectivity index (χ4v) is 2.77. The van der Waals surface area contributed by atoms with Crippen molar-refractivity contribution in [1.82, 2.24) is 4.98 Å². The van der Waals surface area contributed by atoms with Crippen molar-refractivity contribution < 1.29 is 9.47 Å². The molecule has 2 aromatic rings. The Morgan fingerprint density at radius 1 is 1.25 bits per heavy atom. The Balaban J connectivity index is 3.00. The van der Waals surface area contributed by atoms with Gasteiger partial charge in [0.1, 0.15) is 17.0 Å². The number of aryl methyl sites for hydroxylation is 1. The number of ether oxygens (including phenoxy) is 2. The van der Waals surface area contributed by atoms with Gasteiger partial charge >= 0.3 is 0 Å². The van der Waals surface area contributed by atoms with Crippen molar-refractivity contribution in [3.05, 3.63) is 22.3 Å². The molecule has 2 rings (SSSR count). The lowest BCUT2D eigenvalue weighted by Gasteiger charge is -2.17. The van der Waals surface area contributed by atoms with Crippen LogP contribution in [0.1, 0.15) is 18.2 Å². The molecule has 0 aliphatic carbocycles. The van der Waals surface area contributed by atoms with Crippen LogP contribution >= 0.6 is 11.6 Å². The summed E-state index contributed by atoms with van der Waals surface area (Å²) >= 11 is 6.46. The minimum absolute atomic E-state index is 0.547. The number of nitrogens with one attached hydrogen (secondary N) is 1. The van der Waals surface area contributed by atoms with Gasteiger partial charge in [0.2, 0.25) is 0 Å². The van der Waals surface area contributed by atoms with Crippen molar-refractivity contribution in [3.63, 3.8) is 0 Å². The van der Waals surface area contributed by atoms with E-state index >= 15 is 0 Å². The van der Waals surface area contributed by atoms with E-state index in [0.717, 1.165) is 34.3 Å². The largest absolute Gasteiger partial charge is 0.495 e. The number of aromatic nitrogens is 1. The molecule has 0 atom stereocenters. The van der Waals surface area contributed by atoms with Gasteiger partial charge in [-0.1, -0.05) is 18.5 Å². The predicted octanol–water partition coefficient (Wildman–Crippen LogP) is 3.82. The van der Waals surface area contributed by atoms with Crippen molar-refractivity contribution in [2.75, 3.05) is 26.6 Å². The number of halogens is 1. The van der Waals surface area contributed by atoms with Gasteiger partial charge in [-0.05, 0) is 18.9 Å². The van der Waals surface area contributed by atoms with E-state index in [1.165, 1.54) is 0 Å². The highest BCUT2D eigenvalue weighted by atomic mass is 35.5. The molecule has 1 N–H and O–H groups in total. The van der Waals surface area contributed by atoms with Crippen LogP contribution in [0.3, 0.4) is 0 Å². The molecule has 0 unspecified atom stereocenters. The molecule has 0 bridgehead atoms. The van der Waals surface area contributed by atoms with Gasteiger partial charge in [0.05, 0.1) is 19.2 Å². The average Bonchev–Trinajstić information content (AvgIpc) is 2.47. The normalized spacial score (nSPS) is 10.7. The predicted molar refractivity (Wildman–Crippen MR) is 83.5 cm³/mol. The van der Waals surface area contributed by atoms with Crippen LogP contribution in [-0.4, -0.2) is 26.3 Å². The second-order valence-electron chi connectivity index (χ2n) is 4.48. The lowest BCUT2D eigenvalue weighted by atomic mass is 10.0. The standard InChI is InChI=1S/C15H19ClN2O2/c1-6-9-8(2)14(17-3)12-13(16)10(19-4)7-11(20-5)15(12)18-9/h7H,6H2,1-5H3,(H,17,18). The first-order chi connectivity index (χ1) is 9.58. The molecule has 1 heterocycles. The quantitative estimate of drug-likeness (QED) is 0.931. The Morgan fingerprint density at radius 3 is 2.40 bits per heavy atom. The maximum absolute atomic E-state index is 6.46. The van der Waals surface area contributed by atoms with Gasteiger partial charge in [-0.3, -0.25) is 0 Å². The first kappa shape index (κ1) is 14.7. The second kappa shape index (κ2) is 5.75. The molecule has 4 nitrogen and oxygen atoms in total. The highest BCUT2D eigenvalue weighted by Crippen LogP contribution is 2.43. The summed E-state index contributed by atoms with van der Waals surface area (Å²) in [5, 5.41) is 4.60. The third kappa shape index (κ3) is 2.14. The Labute approximate surface area is 124 Å². The molecule has 0 fully saturated rings. The minimum atomic E-state index is 0.547. The third-order valence-corrected chi connectivity index (χ3v) is 3.87. The van der Waals surface area contributed by atoms with E-state index in [1.54, 1.807) is 20.3 Å². The van der Waals surface area contributed by atoms with Gasteiger partial charge in [-0.15, -0.1) is 0 Å². The van der Waals surface area contributed by atoms with E-state index in [-0.39, 0.29) is 0 Å². The fraction of sp³-hybridized carbons (Fsp3) is 0.400. The number of rotatable bonds is 4. The van der Waals surface area contributed by atoms with Gasteiger partial charge in [-0.25, -0.2) is 4.98 Å². The van der Waals surface area contributed by atoms with E-state index in [0.29, 0.717) is 16.5 Å². The van der Waals surface area contributed by atoms with Gasteiger partial charge in [0, 0.05) is 29.9 Å². The van der Waals surface area contributed by atoms with Crippen LogP contribution in [0.25, 0.3) is 10.9 Å². The van der Waals surface area contributed by atoms with Crippen LogP contribution in [0.5, 0.6) is 11.5 Å². The molecule has 0 spiro atoms. The molecule has 0 aliphatic rings. The van der Waals surface area contributed by atoms with Crippen LogP contribution in [0.15, 0.2) is 6.07 Å². The van der Waals surface area contributed by atoms with Crippen LogP contribution in [-0.2, 0) is 6.42 Å². The van der Waals surface area contributed by atoms with E-state index < -0.39 is 0 Å². The summed E-state index contributed by atoms with van der Waals surface area (Å²) in [7, 11) is 5.09. The van der Waals surface area contributed by atoms with E-state index in [2.05, 4.69) is 12.2 Å². The van der Waals surface area contributed by atoms with Crippen LogP contribution < -0.4 is 14.8 Å². The number of fused-ring (bicyclic) bond motifs is 1. The fourth-order valence-electron chi connectivity index (χ4n) is 2.45. The first-order valence-corrected chi connectivity index (χ1v) is 6.88. The number of pyridine rings is 1. The molecule has 0 saturated carbocycles. The van der Waals surface area contributed by atoms with Crippen molar-refractivity contribution in [2.24, 2.45) is 0 Å². The summed E-state index contributed by atoms with van der Waals surface area (Å²) < 4.78 is 10.8. The Bertz CT molecular complexity index is 654. The SMILES string of the molecule is CCc1nc2c(OC)cc(OC)c(Cl)c2c(NC)c1C. The van der Waals surface area contributed by atoms with Gasteiger partial charge in [0.25, 0.3) is 0 Å². The van der Waals surface area contributed by atoms with Crippen LogP contribution in [0.2, 0.25) is 5.02 Å². The molecule has 0 saturated heterocycles. The molecular weight excluding hydrogens is 276 g/mol. The second-order valence-corrected chi connectivity index (χ2v) is 4.86. The number of anilines is 1. The smallest absolute Gasteiger partial charge is 0.148 e. The summed E-state index contributed by atoms with van der Waals surface area (Å²) in [6.45, 7) is 4.12. The minimum Gasteiger partial charge on any atom is -0.495 e. The summed E-state index contributed by atoms with van der Waals surface area (Å²) in [5.41, 5.74) is 3.85. The monoisotopic (exact) mass is 294 g/mol.